The van der Waals surface area contributed by atoms with Gasteiger partial charge in [-0.05, 0) is 18.6 Å². The van der Waals surface area contributed by atoms with E-state index in [-0.39, 0.29) is 30.4 Å². The van der Waals surface area contributed by atoms with Gasteiger partial charge in [-0.1, -0.05) is 12.2 Å². The molecule has 3 atom stereocenters. The molecule has 0 aliphatic carbocycles. The molecule has 4 rings (SSSR count). The molecule has 1 saturated heterocycles. The van der Waals surface area contributed by atoms with Crippen LogP contribution in [0.1, 0.15) is 6.42 Å². The fourth-order valence-corrected chi connectivity index (χ4v) is 4.02. The molecule has 3 aliphatic heterocycles. The number of ether oxygens (including phenoxy) is 1. The van der Waals surface area contributed by atoms with Crippen LogP contribution in [-0.2, 0) is 4.79 Å². The lowest BCUT2D eigenvalue weighted by Crippen LogP contribution is -2.56. The van der Waals surface area contributed by atoms with Crippen LogP contribution in [-0.4, -0.2) is 88.0 Å². The second-order valence-electron chi connectivity index (χ2n) is 7.96. The molecule has 3 amide bonds. The van der Waals surface area contributed by atoms with Crippen molar-refractivity contribution in [2.24, 2.45) is 0 Å². The van der Waals surface area contributed by atoms with Gasteiger partial charge in [0.1, 0.15) is 36.1 Å². The Morgan fingerprint density at radius 2 is 2.30 bits per heavy atom. The predicted octanol–water partition coefficient (Wildman–Crippen LogP) is -0.265. The van der Waals surface area contributed by atoms with Gasteiger partial charge in [0, 0.05) is 31.9 Å². The van der Waals surface area contributed by atoms with Gasteiger partial charge in [0.05, 0.1) is 18.3 Å². The molecule has 176 valence electrons. The number of nitrogens with zero attached hydrogens (tertiary/aromatic N) is 3. The van der Waals surface area contributed by atoms with E-state index >= 15 is 0 Å². The number of aliphatic hydroxyl groups excluding tert-OH is 2. The van der Waals surface area contributed by atoms with Gasteiger partial charge in [0.2, 0.25) is 5.91 Å². The summed E-state index contributed by atoms with van der Waals surface area (Å²) in [5, 5.41) is 27.2. The first-order chi connectivity index (χ1) is 16.0. The minimum absolute atomic E-state index is 0.0428. The van der Waals surface area contributed by atoms with Crippen LogP contribution in [0.25, 0.3) is 0 Å². The van der Waals surface area contributed by atoms with Crippen molar-refractivity contribution >= 4 is 17.8 Å². The summed E-state index contributed by atoms with van der Waals surface area (Å²) in [5.41, 5.74) is 0.870. The van der Waals surface area contributed by atoms with Crippen LogP contribution in [0.2, 0.25) is 0 Å². The second-order valence-corrected chi connectivity index (χ2v) is 7.96. The highest BCUT2D eigenvalue weighted by molar-refractivity contribution is 5.91. The highest BCUT2D eigenvalue weighted by Crippen LogP contribution is 2.33. The highest BCUT2D eigenvalue weighted by Gasteiger charge is 2.42. The standard InChI is InChI=1S/C22H28N6O5/c1-2-7-24-21(31)17-3-4-18-20(25-17)28(14-6-9-27(18)11-14)22(32)26-19-10-16(5-8-23-19)33-13-15(30)12-29/h2-5,8,10,14-15,17,25,29-30H,1,6-7,9,11-13H2,(H,24,31)(H,23,26,32)/t14?,15-,17?/m1/s1. The van der Waals surface area contributed by atoms with Crippen molar-refractivity contribution < 1.29 is 24.5 Å². The van der Waals surface area contributed by atoms with E-state index in [0.29, 0.717) is 24.7 Å². The van der Waals surface area contributed by atoms with Gasteiger partial charge >= 0.3 is 6.03 Å². The molecular weight excluding hydrogens is 428 g/mol. The third-order valence-corrected chi connectivity index (χ3v) is 5.63. The van der Waals surface area contributed by atoms with Gasteiger partial charge in [-0.3, -0.25) is 15.0 Å². The summed E-state index contributed by atoms with van der Waals surface area (Å²) < 4.78 is 5.43. The van der Waals surface area contributed by atoms with Crippen molar-refractivity contribution in [3.8, 4) is 5.75 Å². The van der Waals surface area contributed by atoms with Gasteiger partial charge in [0.15, 0.2) is 0 Å². The van der Waals surface area contributed by atoms with Crippen LogP contribution < -0.4 is 20.7 Å². The van der Waals surface area contributed by atoms with Gasteiger partial charge in [-0.2, -0.15) is 0 Å². The average molecular weight is 457 g/mol. The van der Waals surface area contributed by atoms with Gasteiger partial charge in [-0.15, -0.1) is 6.58 Å². The van der Waals surface area contributed by atoms with E-state index in [9.17, 15) is 14.7 Å². The van der Waals surface area contributed by atoms with Crippen molar-refractivity contribution in [3.05, 3.63) is 54.7 Å². The number of nitrogens with one attached hydrogen (secondary N) is 3. The normalized spacial score (nSPS) is 21.8. The lowest BCUT2D eigenvalue weighted by atomic mass is 10.1. The number of hydrogen-bond acceptors (Lipinski definition) is 8. The van der Waals surface area contributed by atoms with Crippen LogP contribution in [0.3, 0.4) is 0 Å². The van der Waals surface area contributed by atoms with Crippen LogP contribution in [0.15, 0.2) is 54.7 Å². The van der Waals surface area contributed by atoms with Crippen molar-refractivity contribution in [3.63, 3.8) is 0 Å². The lowest BCUT2D eigenvalue weighted by Gasteiger charge is -2.40. The zero-order valence-corrected chi connectivity index (χ0v) is 18.1. The number of dihydropyridines is 1. The van der Waals surface area contributed by atoms with E-state index in [1.807, 2.05) is 6.08 Å². The Kier molecular flexibility index (Phi) is 6.80. The third kappa shape index (κ3) is 4.94. The minimum atomic E-state index is -0.998. The molecule has 1 aromatic heterocycles. The molecule has 11 heteroatoms. The van der Waals surface area contributed by atoms with Gasteiger partial charge in [0.25, 0.3) is 0 Å². The minimum Gasteiger partial charge on any atom is -0.491 e. The van der Waals surface area contributed by atoms with E-state index in [2.05, 4.69) is 32.4 Å². The molecule has 0 aromatic carbocycles. The molecule has 0 spiro atoms. The maximum Gasteiger partial charge on any atom is 0.328 e. The second kappa shape index (κ2) is 9.92. The van der Waals surface area contributed by atoms with Gasteiger partial charge in [-0.25, -0.2) is 9.78 Å². The van der Waals surface area contributed by atoms with E-state index in [0.717, 1.165) is 18.7 Å². The number of aromatic nitrogens is 1. The lowest BCUT2D eigenvalue weighted by molar-refractivity contribution is -0.121. The summed E-state index contributed by atoms with van der Waals surface area (Å²) in [6, 6.07) is 2.12. The highest BCUT2D eigenvalue weighted by atomic mass is 16.5. The van der Waals surface area contributed by atoms with Crippen LogP contribution in [0.4, 0.5) is 10.6 Å². The fourth-order valence-electron chi connectivity index (χ4n) is 4.02. The molecule has 1 fully saturated rings. The zero-order chi connectivity index (χ0) is 23.4. The first-order valence-corrected chi connectivity index (χ1v) is 10.8. The number of pyridine rings is 1. The maximum absolute atomic E-state index is 13.3. The van der Waals surface area contributed by atoms with Crippen molar-refractivity contribution in [1.29, 1.82) is 0 Å². The van der Waals surface area contributed by atoms with Gasteiger partial charge < -0.3 is 30.5 Å². The molecule has 5 N–H and O–H groups in total. The van der Waals surface area contributed by atoms with E-state index in [1.54, 1.807) is 29.2 Å². The number of anilines is 1. The molecule has 0 saturated carbocycles. The van der Waals surface area contributed by atoms with Crippen molar-refractivity contribution in [2.75, 3.05) is 38.2 Å². The number of carbonyl (C=O) groups excluding carboxylic acids is 2. The monoisotopic (exact) mass is 456 g/mol. The average Bonchev–Trinajstić information content (AvgIpc) is 3.25. The molecule has 2 unspecified atom stereocenters. The number of aliphatic hydroxyl groups is 2. The summed E-state index contributed by atoms with van der Waals surface area (Å²) in [5.74, 6) is 1.06. The Morgan fingerprint density at radius 1 is 1.45 bits per heavy atom. The Balaban J connectivity index is 1.49. The first-order valence-electron chi connectivity index (χ1n) is 10.8. The van der Waals surface area contributed by atoms with Crippen molar-refractivity contribution in [2.45, 2.75) is 24.6 Å². The molecule has 33 heavy (non-hydrogen) atoms. The van der Waals surface area contributed by atoms with E-state index < -0.39 is 18.8 Å². The number of rotatable bonds is 8. The smallest absolute Gasteiger partial charge is 0.328 e. The predicted molar refractivity (Wildman–Crippen MR) is 120 cm³/mol. The number of amides is 3. The Bertz CT molecular complexity index is 980. The van der Waals surface area contributed by atoms with Crippen LogP contribution in [0, 0.1) is 0 Å². The topological polar surface area (TPSA) is 139 Å². The quantitative estimate of drug-likeness (QED) is 0.337. The summed E-state index contributed by atoms with van der Waals surface area (Å²) in [4.78, 5) is 33.8. The van der Waals surface area contributed by atoms with Crippen molar-refractivity contribution in [1.82, 2.24) is 25.4 Å². The number of hydrogen-bond donors (Lipinski definition) is 5. The Hall–Kier alpha value is -3.57. The number of allylic oxidation sites excluding steroid dienone is 1. The largest absolute Gasteiger partial charge is 0.491 e. The van der Waals surface area contributed by atoms with Crippen LogP contribution >= 0.6 is 0 Å². The molecule has 3 aliphatic rings. The SMILES string of the molecule is C=CCNC(=O)C1C=CC2=C(N1)N(C(=O)Nc1cc(OC[C@H](O)CO)ccn1)C1CCN2C1. The summed E-state index contributed by atoms with van der Waals surface area (Å²) >= 11 is 0. The maximum atomic E-state index is 13.3. The third-order valence-electron chi connectivity index (χ3n) is 5.63. The first kappa shape index (κ1) is 22.6. The number of fused-ring (bicyclic) bond motifs is 3. The zero-order valence-electron chi connectivity index (χ0n) is 18.1. The molecule has 1 aromatic rings. The molecule has 2 bridgehead atoms. The van der Waals surface area contributed by atoms with Crippen LogP contribution in [0.5, 0.6) is 5.75 Å². The van der Waals surface area contributed by atoms with E-state index in [1.165, 1.54) is 6.20 Å². The fraction of sp³-hybridized carbons (Fsp3) is 0.409. The molecule has 0 radical (unpaired) electrons. The summed E-state index contributed by atoms with van der Waals surface area (Å²) in [7, 11) is 0. The molecular formula is C22H28N6O5. The van der Waals surface area contributed by atoms with E-state index in [4.69, 9.17) is 9.84 Å². The Labute approximate surface area is 191 Å². The Morgan fingerprint density at radius 3 is 3.09 bits per heavy atom. The molecule has 4 heterocycles. The summed E-state index contributed by atoms with van der Waals surface area (Å²) in [6.07, 6.45) is 6.56. The number of carbonyl (C=O) groups is 2. The molecule has 11 nitrogen and oxygen atoms in total. The summed E-state index contributed by atoms with van der Waals surface area (Å²) in [6.45, 7) is 5.00. The number of urea groups is 1.